The third kappa shape index (κ3) is 6.05. The Bertz CT molecular complexity index is 204. The lowest BCUT2D eigenvalue weighted by molar-refractivity contribution is 0.419. The van der Waals surface area contributed by atoms with E-state index >= 15 is 0 Å². The Labute approximate surface area is 82.6 Å². The minimum Gasteiger partial charge on any atom is -0.240 e. The maximum atomic E-state index is 11.5. The third-order valence-electron chi connectivity index (χ3n) is 2.01. The number of nitrogens with one attached hydrogen (secondary N) is 1. The van der Waals surface area contributed by atoms with Gasteiger partial charge in [-0.3, -0.25) is 0 Å². The molecule has 0 fully saturated rings. The van der Waals surface area contributed by atoms with Gasteiger partial charge in [0.15, 0.2) is 0 Å². The second-order valence-corrected chi connectivity index (χ2v) is 5.56. The van der Waals surface area contributed by atoms with Crippen LogP contribution in [0.3, 0.4) is 0 Å². The predicted octanol–water partition coefficient (Wildman–Crippen LogP) is 2.48. The fourth-order valence-corrected chi connectivity index (χ4v) is 2.08. The molecule has 0 aliphatic carbocycles. The van der Waals surface area contributed by atoms with E-state index in [0.29, 0.717) is 0 Å². The fraction of sp³-hybridized carbons (Fsp3) is 1.00. The molecule has 80 valence electrons. The summed E-state index contributed by atoms with van der Waals surface area (Å²) in [6.07, 6.45) is 5.77. The maximum absolute atomic E-state index is 11.5. The van der Waals surface area contributed by atoms with Gasteiger partial charge in [-0.05, 0) is 12.8 Å². The van der Waals surface area contributed by atoms with Crippen LogP contribution < -0.4 is 0 Å². The molecule has 0 saturated carbocycles. The predicted molar refractivity (Wildman–Crippen MR) is 58.2 cm³/mol. The van der Waals surface area contributed by atoms with Gasteiger partial charge in [-0.15, -0.1) is 0 Å². The molecule has 0 aromatic rings. The molecule has 4 heteroatoms. The SMILES string of the molecule is CCCCN(CCCC)S(C)(=N)=O. The van der Waals surface area contributed by atoms with Crippen LogP contribution in [-0.2, 0) is 9.92 Å². The summed E-state index contributed by atoms with van der Waals surface area (Å²) < 4.78 is 20.8. The van der Waals surface area contributed by atoms with Gasteiger partial charge in [-0.1, -0.05) is 26.7 Å². The van der Waals surface area contributed by atoms with Crippen LogP contribution in [-0.4, -0.2) is 27.9 Å². The average molecular weight is 206 g/mol. The van der Waals surface area contributed by atoms with Crippen molar-refractivity contribution in [2.75, 3.05) is 19.3 Å². The molecule has 0 amide bonds. The maximum Gasteiger partial charge on any atom is 0.104 e. The van der Waals surface area contributed by atoms with E-state index in [1.54, 1.807) is 4.31 Å². The van der Waals surface area contributed by atoms with Gasteiger partial charge in [0.05, 0.1) is 0 Å². The number of unbranched alkanes of at least 4 members (excludes halogenated alkanes) is 2. The highest BCUT2D eigenvalue weighted by atomic mass is 32.2. The molecule has 13 heavy (non-hydrogen) atoms. The summed E-state index contributed by atoms with van der Waals surface area (Å²) in [6.45, 7) is 5.82. The minimum absolute atomic E-state index is 0.801. The molecule has 0 heterocycles. The molecule has 0 radical (unpaired) electrons. The van der Waals surface area contributed by atoms with Crippen molar-refractivity contribution in [2.24, 2.45) is 0 Å². The molecule has 0 aliphatic rings. The van der Waals surface area contributed by atoms with E-state index in [1.165, 1.54) is 6.26 Å². The zero-order valence-electron chi connectivity index (χ0n) is 9.01. The molecular weight excluding hydrogens is 184 g/mol. The molecule has 0 rings (SSSR count). The van der Waals surface area contributed by atoms with Gasteiger partial charge >= 0.3 is 0 Å². The van der Waals surface area contributed by atoms with Crippen LogP contribution in [0.4, 0.5) is 0 Å². The van der Waals surface area contributed by atoms with Crippen LogP contribution in [0.5, 0.6) is 0 Å². The van der Waals surface area contributed by atoms with Crippen molar-refractivity contribution in [1.82, 2.24) is 4.31 Å². The molecule has 0 spiro atoms. The van der Waals surface area contributed by atoms with E-state index in [4.69, 9.17) is 4.78 Å². The molecule has 0 bridgehead atoms. The first-order valence-corrected chi connectivity index (χ1v) is 6.93. The van der Waals surface area contributed by atoms with Gasteiger partial charge in [0, 0.05) is 19.3 Å². The van der Waals surface area contributed by atoms with Crippen LogP contribution in [0.1, 0.15) is 39.5 Å². The summed E-state index contributed by atoms with van der Waals surface area (Å²) in [7, 11) is -2.48. The standard InChI is InChI=1S/C9H22N2OS/c1-4-6-8-11(9-7-5-2)13(3,10)12/h10H,4-9H2,1-3H3. The van der Waals surface area contributed by atoms with Crippen LogP contribution in [0.25, 0.3) is 0 Å². The Kier molecular flexibility index (Phi) is 6.33. The van der Waals surface area contributed by atoms with Crippen molar-refractivity contribution in [3.05, 3.63) is 0 Å². The summed E-state index contributed by atoms with van der Waals surface area (Å²) >= 11 is 0. The van der Waals surface area contributed by atoms with Crippen molar-refractivity contribution in [3.8, 4) is 0 Å². The van der Waals surface area contributed by atoms with E-state index in [2.05, 4.69) is 13.8 Å². The Morgan fingerprint density at radius 3 is 1.77 bits per heavy atom. The molecule has 1 unspecified atom stereocenters. The van der Waals surface area contributed by atoms with E-state index < -0.39 is 9.92 Å². The lowest BCUT2D eigenvalue weighted by atomic mass is 10.3. The smallest absolute Gasteiger partial charge is 0.104 e. The van der Waals surface area contributed by atoms with Crippen LogP contribution in [0, 0.1) is 4.78 Å². The fourth-order valence-electron chi connectivity index (χ4n) is 1.13. The highest BCUT2D eigenvalue weighted by molar-refractivity contribution is 7.89. The van der Waals surface area contributed by atoms with Crippen LogP contribution in [0.15, 0.2) is 0 Å². The van der Waals surface area contributed by atoms with Crippen molar-refractivity contribution in [1.29, 1.82) is 4.78 Å². The van der Waals surface area contributed by atoms with Crippen molar-refractivity contribution in [3.63, 3.8) is 0 Å². The number of rotatable bonds is 7. The van der Waals surface area contributed by atoms with Gasteiger partial charge in [0.25, 0.3) is 0 Å². The minimum atomic E-state index is -2.48. The molecule has 0 aliphatic heterocycles. The highest BCUT2D eigenvalue weighted by Gasteiger charge is 2.10. The van der Waals surface area contributed by atoms with E-state index in [-0.39, 0.29) is 0 Å². The number of nitrogens with zero attached hydrogens (tertiary/aromatic N) is 1. The average Bonchev–Trinajstić information content (AvgIpc) is 2.02. The number of hydrogen-bond donors (Lipinski definition) is 1. The van der Waals surface area contributed by atoms with Gasteiger partial charge in [-0.25, -0.2) is 13.3 Å². The third-order valence-corrected chi connectivity index (χ3v) is 3.37. The van der Waals surface area contributed by atoms with Crippen LogP contribution >= 0.6 is 0 Å². The lowest BCUT2D eigenvalue weighted by Gasteiger charge is -2.21. The first-order valence-electron chi connectivity index (χ1n) is 5.01. The van der Waals surface area contributed by atoms with Crippen molar-refractivity contribution >= 4 is 9.92 Å². The summed E-state index contributed by atoms with van der Waals surface area (Å²) in [4.78, 5) is 0. The zero-order chi connectivity index (χ0) is 10.3. The van der Waals surface area contributed by atoms with Gasteiger partial charge in [0.2, 0.25) is 0 Å². The highest BCUT2D eigenvalue weighted by Crippen LogP contribution is 2.04. The van der Waals surface area contributed by atoms with Gasteiger partial charge in [0.1, 0.15) is 9.92 Å². The Morgan fingerprint density at radius 2 is 1.54 bits per heavy atom. The lowest BCUT2D eigenvalue weighted by Crippen LogP contribution is -2.31. The van der Waals surface area contributed by atoms with Gasteiger partial charge in [-0.2, -0.15) is 0 Å². The molecule has 1 atom stereocenters. The largest absolute Gasteiger partial charge is 0.240 e. The van der Waals surface area contributed by atoms with Crippen LogP contribution in [0.2, 0.25) is 0 Å². The second kappa shape index (κ2) is 6.38. The Balaban J connectivity index is 4.04. The first kappa shape index (κ1) is 12.9. The summed E-state index contributed by atoms with van der Waals surface area (Å²) in [5.74, 6) is 0. The molecule has 1 N–H and O–H groups in total. The summed E-state index contributed by atoms with van der Waals surface area (Å²) in [5, 5.41) is 0. The topological polar surface area (TPSA) is 44.2 Å². The summed E-state index contributed by atoms with van der Waals surface area (Å²) in [6, 6.07) is 0. The van der Waals surface area contributed by atoms with Crippen molar-refractivity contribution < 1.29 is 4.21 Å². The molecule has 0 aromatic carbocycles. The first-order chi connectivity index (χ1) is 6.02. The molecule has 0 aromatic heterocycles. The van der Waals surface area contributed by atoms with E-state index in [0.717, 1.165) is 38.8 Å². The second-order valence-electron chi connectivity index (χ2n) is 3.44. The molecule has 0 saturated heterocycles. The number of hydrogen-bond acceptors (Lipinski definition) is 2. The van der Waals surface area contributed by atoms with E-state index in [9.17, 15) is 4.21 Å². The molecular formula is C9H22N2OS. The summed E-state index contributed by atoms with van der Waals surface area (Å²) in [5.41, 5.74) is 0. The van der Waals surface area contributed by atoms with Crippen molar-refractivity contribution in [2.45, 2.75) is 39.5 Å². The van der Waals surface area contributed by atoms with E-state index in [1.807, 2.05) is 0 Å². The normalized spacial score (nSPS) is 16.0. The quantitative estimate of drug-likeness (QED) is 0.683. The molecule has 3 nitrogen and oxygen atoms in total. The van der Waals surface area contributed by atoms with Gasteiger partial charge < -0.3 is 0 Å². The monoisotopic (exact) mass is 206 g/mol. The Morgan fingerprint density at radius 1 is 1.15 bits per heavy atom. The Hall–Kier alpha value is -0.0900. The zero-order valence-corrected chi connectivity index (χ0v) is 9.82.